The Morgan fingerprint density at radius 2 is 1.89 bits per heavy atom. The van der Waals surface area contributed by atoms with Crippen LogP contribution in [0, 0.1) is 0 Å². The largest absolute Gasteiger partial charge is 1.00 e. The number of nitrogens with one attached hydrogen (secondary N) is 1. The van der Waals surface area contributed by atoms with Crippen molar-refractivity contribution in [1.82, 2.24) is 0 Å². The number of hydrogen-bond donors (Lipinski definition) is 0. The van der Waals surface area contributed by atoms with E-state index in [1.807, 2.05) is 24.5 Å². The van der Waals surface area contributed by atoms with Gasteiger partial charge in [-0.2, -0.15) is 0 Å². The van der Waals surface area contributed by atoms with E-state index in [1.165, 1.54) is 4.90 Å². The Balaban J connectivity index is 0.000000640. The van der Waals surface area contributed by atoms with Gasteiger partial charge >= 0.3 is 0 Å². The van der Waals surface area contributed by atoms with Crippen molar-refractivity contribution in [1.29, 1.82) is 0 Å². The first-order valence-electron chi connectivity index (χ1n) is 2.43. The lowest BCUT2D eigenvalue weighted by molar-refractivity contribution is -0.378. The number of halogens is 1. The molecule has 50 valence electrons. The maximum Gasteiger partial charge on any atom is 0.168 e. The summed E-state index contributed by atoms with van der Waals surface area (Å²) in [6.07, 6.45) is 5.91. The second kappa shape index (κ2) is 4.82. The molecule has 0 aromatic carbocycles. The standard InChI is InChI=1S/C6H7NS.BrH/c1-8-6-2-4-7-5-3-6;/h2-5H,1H3;1H. The minimum absolute atomic E-state index is 0. The summed E-state index contributed by atoms with van der Waals surface area (Å²) in [6, 6.07) is 4.09. The molecule has 0 bridgehead atoms. The van der Waals surface area contributed by atoms with Gasteiger partial charge in [-0.05, 0) is 6.26 Å². The second-order valence-electron chi connectivity index (χ2n) is 1.44. The summed E-state index contributed by atoms with van der Waals surface area (Å²) in [7, 11) is 0. The minimum Gasteiger partial charge on any atom is -1.00 e. The molecule has 0 amide bonds. The number of hydrogen-bond acceptors (Lipinski definition) is 1. The highest BCUT2D eigenvalue weighted by Gasteiger charge is 1.85. The zero-order valence-corrected chi connectivity index (χ0v) is 7.50. The smallest absolute Gasteiger partial charge is 0.168 e. The molecule has 9 heavy (non-hydrogen) atoms. The fourth-order valence-electron chi connectivity index (χ4n) is 0.508. The van der Waals surface area contributed by atoms with Crippen LogP contribution in [-0.2, 0) is 0 Å². The maximum atomic E-state index is 2.95. The van der Waals surface area contributed by atoms with Crippen LogP contribution in [-0.4, -0.2) is 6.26 Å². The van der Waals surface area contributed by atoms with Gasteiger partial charge in [-0.1, -0.05) is 0 Å². The average Bonchev–Trinajstić information content (AvgIpc) is 1.90. The number of H-pyrrole nitrogens is 1. The SMILES string of the molecule is CSc1cc[nH+]cc1.[Br-]. The van der Waals surface area contributed by atoms with E-state index in [0.29, 0.717) is 0 Å². The van der Waals surface area contributed by atoms with Gasteiger partial charge < -0.3 is 17.0 Å². The Bertz CT molecular complexity index is 154. The second-order valence-corrected chi connectivity index (χ2v) is 2.32. The highest BCUT2D eigenvalue weighted by atomic mass is 79.9. The summed E-state index contributed by atoms with van der Waals surface area (Å²) in [5.41, 5.74) is 0. The van der Waals surface area contributed by atoms with Gasteiger partial charge in [0, 0.05) is 17.0 Å². The summed E-state index contributed by atoms with van der Waals surface area (Å²) in [4.78, 5) is 4.25. The van der Waals surface area contributed by atoms with E-state index in [9.17, 15) is 0 Å². The molecule has 0 aliphatic carbocycles. The molecule has 0 spiro atoms. The van der Waals surface area contributed by atoms with Gasteiger partial charge in [-0.3, -0.25) is 0 Å². The molecule has 0 aliphatic heterocycles. The van der Waals surface area contributed by atoms with Crippen LogP contribution in [0.5, 0.6) is 0 Å². The minimum atomic E-state index is 0. The number of pyridine rings is 1. The molecule has 0 saturated carbocycles. The Hall–Kier alpha value is -0.0200. The molecule has 1 heterocycles. The van der Waals surface area contributed by atoms with E-state index in [4.69, 9.17) is 0 Å². The van der Waals surface area contributed by atoms with Crippen molar-refractivity contribution in [2.24, 2.45) is 0 Å². The van der Waals surface area contributed by atoms with Crippen molar-refractivity contribution in [3.8, 4) is 0 Å². The lowest BCUT2D eigenvalue weighted by Gasteiger charge is -1.85. The van der Waals surface area contributed by atoms with Crippen LogP contribution in [0.3, 0.4) is 0 Å². The predicted octanol–water partition coefficient (Wildman–Crippen LogP) is -1.77. The topological polar surface area (TPSA) is 14.1 Å². The third-order valence-corrected chi connectivity index (χ3v) is 1.67. The lowest BCUT2D eigenvalue weighted by atomic mass is 10.5. The van der Waals surface area contributed by atoms with E-state index < -0.39 is 0 Å². The van der Waals surface area contributed by atoms with E-state index in [0.717, 1.165) is 0 Å². The van der Waals surface area contributed by atoms with E-state index in [-0.39, 0.29) is 17.0 Å². The molecule has 1 nitrogen and oxygen atoms in total. The van der Waals surface area contributed by atoms with Crippen LogP contribution in [0.1, 0.15) is 0 Å². The zero-order valence-electron chi connectivity index (χ0n) is 5.10. The molecule has 3 heteroatoms. The van der Waals surface area contributed by atoms with Crippen LogP contribution in [0.25, 0.3) is 0 Å². The third kappa shape index (κ3) is 2.87. The van der Waals surface area contributed by atoms with Crippen LogP contribution >= 0.6 is 11.8 Å². The first-order valence-corrected chi connectivity index (χ1v) is 3.66. The van der Waals surface area contributed by atoms with Gasteiger partial charge in [0.05, 0.1) is 0 Å². The van der Waals surface area contributed by atoms with Crippen LogP contribution in [0.4, 0.5) is 0 Å². The van der Waals surface area contributed by atoms with Crippen LogP contribution in [0.15, 0.2) is 29.4 Å². The summed E-state index contributed by atoms with van der Waals surface area (Å²) >= 11 is 1.75. The van der Waals surface area contributed by atoms with Gasteiger partial charge in [0.25, 0.3) is 0 Å². The highest BCUT2D eigenvalue weighted by molar-refractivity contribution is 7.98. The quantitative estimate of drug-likeness (QED) is 0.496. The van der Waals surface area contributed by atoms with Crippen molar-refractivity contribution < 1.29 is 22.0 Å². The lowest BCUT2D eigenvalue weighted by Crippen LogP contribution is -3.00. The van der Waals surface area contributed by atoms with Gasteiger partial charge in [0.15, 0.2) is 12.4 Å². The molecule has 1 rings (SSSR count). The molecule has 0 aliphatic rings. The Kier molecular flexibility index (Phi) is 4.81. The van der Waals surface area contributed by atoms with E-state index >= 15 is 0 Å². The monoisotopic (exact) mass is 205 g/mol. The molecule has 0 radical (unpaired) electrons. The predicted molar refractivity (Wildman–Crippen MR) is 34.8 cm³/mol. The molecule has 0 unspecified atom stereocenters. The van der Waals surface area contributed by atoms with Crippen LogP contribution in [0.2, 0.25) is 0 Å². The number of aromatic amines is 1. The van der Waals surface area contributed by atoms with Crippen LogP contribution < -0.4 is 22.0 Å². The highest BCUT2D eigenvalue weighted by Crippen LogP contribution is 2.09. The maximum absolute atomic E-state index is 2.95. The number of thioether (sulfide) groups is 1. The van der Waals surface area contributed by atoms with Crippen molar-refractivity contribution in [3.63, 3.8) is 0 Å². The average molecular weight is 206 g/mol. The molecule has 1 aromatic rings. The first kappa shape index (κ1) is 8.98. The zero-order chi connectivity index (χ0) is 5.82. The van der Waals surface area contributed by atoms with E-state index in [1.54, 1.807) is 11.8 Å². The van der Waals surface area contributed by atoms with Crippen molar-refractivity contribution in [3.05, 3.63) is 24.5 Å². The summed E-state index contributed by atoms with van der Waals surface area (Å²) in [5.74, 6) is 0. The molecule has 0 fully saturated rings. The van der Waals surface area contributed by atoms with Crippen molar-refractivity contribution >= 4 is 11.8 Å². The Morgan fingerprint density at radius 3 is 2.22 bits per heavy atom. The molecular weight excluding hydrogens is 198 g/mol. The van der Waals surface area contributed by atoms with Crippen molar-refractivity contribution in [2.45, 2.75) is 4.90 Å². The molecule has 1 N–H and O–H groups in total. The molecule has 0 atom stereocenters. The van der Waals surface area contributed by atoms with Gasteiger partial charge in [-0.25, -0.2) is 4.98 Å². The van der Waals surface area contributed by atoms with Gasteiger partial charge in [0.2, 0.25) is 0 Å². The summed E-state index contributed by atoms with van der Waals surface area (Å²) in [5, 5.41) is 0. The Morgan fingerprint density at radius 1 is 1.33 bits per heavy atom. The summed E-state index contributed by atoms with van der Waals surface area (Å²) < 4.78 is 0. The Labute approximate surface area is 69.7 Å². The fraction of sp³-hybridized carbons (Fsp3) is 0.167. The molecular formula is C6H8BrNS. The third-order valence-electron chi connectivity index (χ3n) is 0.923. The number of rotatable bonds is 1. The normalized spacial score (nSPS) is 8.11. The summed E-state index contributed by atoms with van der Waals surface area (Å²) in [6.45, 7) is 0. The number of aromatic nitrogens is 1. The first-order chi connectivity index (χ1) is 3.93. The molecule has 0 saturated heterocycles. The molecule has 1 aromatic heterocycles. The fourth-order valence-corrected chi connectivity index (χ4v) is 0.916. The van der Waals surface area contributed by atoms with Gasteiger partial charge in [-0.15, -0.1) is 11.8 Å². The van der Waals surface area contributed by atoms with E-state index in [2.05, 4.69) is 11.2 Å². The van der Waals surface area contributed by atoms with Crippen molar-refractivity contribution in [2.75, 3.05) is 6.26 Å². The van der Waals surface area contributed by atoms with Gasteiger partial charge in [0.1, 0.15) is 0 Å².